The van der Waals surface area contributed by atoms with Gasteiger partial charge in [-0.25, -0.2) is 4.39 Å². The minimum absolute atomic E-state index is 0.0933. The standard InChI is InChI=1S/C21H16FNO/c22-19-10-12-20(13-11-19)23-15-14-21(24)18-8-6-17(7-9-18)16-4-2-1-3-5-16/h1-15,23H/b15-14-. The van der Waals surface area contributed by atoms with E-state index in [4.69, 9.17) is 0 Å². The van der Waals surface area contributed by atoms with E-state index in [1.807, 2.05) is 54.6 Å². The molecule has 0 radical (unpaired) electrons. The first kappa shape index (κ1) is 15.7. The third-order valence-corrected chi connectivity index (χ3v) is 3.61. The van der Waals surface area contributed by atoms with Crippen molar-refractivity contribution in [1.29, 1.82) is 0 Å². The number of hydrogen-bond donors (Lipinski definition) is 1. The summed E-state index contributed by atoms with van der Waals surface area (Å²) in [6.07, 6.45) is 3.02. The molecule has 0 aliphatic rings. The van der Waals surface area contributed by atoms with Crippen molar-refractivity contribution in [3.8, 4) is 11.1 Å². The Balaban J connectivity index is 1.64. The van der Waals surface area contributed by atoms with Crippen molar-refractivity contribution in [2.45, 2.75) is 0 Å². The summed E-state index contributed by atoms with van der Waals surface area (Å²) in [5.74, 6) is -0.386. The van der Waals surface area contributed by atoms with Gasteiger partial charge in [0.25, 0.3) is 0 Å². The van der Waals surface area contributed by atoms with Crippen molar-refractivity contribution in [2.75, 3.05) is 5.32 Å². The van der Waals surface area contributed by atoms with Crippen LogP contribution < -0.4 is 5.32 Å². The third-order valence-electron chi connectivity index (χ3n) is 3.61. The van der Waals surface area contributed by atoms with Gasteiger partial charge in [-0.05, 0) is 35.4 Å². The van der Waals surface area contributed by atoms with E-state index < -0.39 is 0 Å². The van der Waals surface area contributed by atoms with Gasteiger partial charge in [-0.2, -0.15) is 0 Å². The van der Waals surface area contributed by atoms with Crippen molar-refractivity contribution in [2.24, 2.45) is 0 Å². The predicted octanol–water partition coefficient (Wildman–Crippen LogP) is 5.30. The highest BCUT2D eigenvalue weighted by molar-refractivity contribution is 6.04. The molecule has 0 fully saturated rings. The van der Waals surface area contributed by atoms with Gasteiger partial charge in [0, 0.05) is 23.5 Å². The van der Waals surface area contributed by atoms with Crippen molar-refractivity contribution in [1.82, 2.24) is 0 Å². The van der Waals surface area contributed by atoms with Crippen LogP contribution in [0.3, 0.4) is 0 Å². The number of nitrogens with one attached hydrogen (secondary N) is 1. The Morgan fingerprint density at radius 2 is 1.42 bits per heavy atom. The molecular weight excluding hydrogens is 301 g/mol. The number of anilines is 1. The molecule has 0 saturated heterocycles. The molecule has 0 heterocycles. The molecule has 3 rings (SSSR count). The molecule has 0 unspecified atom stereocenters. The molecule has 0 aliphatic carbocycles. The lowest BCUT2D eigenvalue weighted by atomic mass is 10.0. The molecular formula is C21H16FNO. The van der Waals surface area contributed by atoms with Crippen LogP contribution in [-0.2, 0) is 0 Å². The highest BCUT2D eigenvalue weighted by Gasteiger charge is 2.02. The van der Waals surface area contributed by atoms with Gasteiger partial charge in [0.05, 0.1) is 0 Å². The molecule has 0 atom stereocenters. The summed E-state index contributed by atoms with van der Waals surface area (Å²) < 4.78 is 12.8. The predicted molar refractivity (Wildman–Crippen MR) is 95.4 cm³/mol. The fourth-order valence-corrected chi connectivity index (χ4v) is 2.31. The molecule has 24 heavy (non-hydrogen) atoms. The summed E-state index contributed by atoms with van der Waals surface area (Å²) in [7, 11) is 0. The van der Waals surface area contributed by atoms with Crippen molar-refractivity contribution in [3.63, 3.8) is 0 Å². The molecule has 118 valence electrons. The first-order valence-corrected chi connectivity index (χ1v) is 7.61. The van der Waals surface area contributed by atoms with E-state index in [2.05, 4.69) is 5.32 Å². The normalized spacial score (nSPS) is 10.7. The van der Waals surface area contributed by atoms with Crippen molar-refractivity contribution >= 4 is 11.5 Å². The van der Waals surface area contributed by atoms with Crippen LogP contribution in [0.4, 0.5) is 10.1 Å². The van der Waals surface area contributed by atoms with Crippen LogP contribution in [0.25, 0.3) is 11.1 Å². The zero-order valence-corrected chi connectivity index (χ0v) is 12.9. The number of carbonyl (C=O) groups excluding carboxylic acids is 1. The maximum absolute atomic E-state index is 12.8. The summed E-state index contributed by atoms with van der Waals surface area (Å²) >= 11 is 0. The van der Waals surface area contributed by atoms with E-state index in [0.717, 1.165) is 16.8 Å². The largest absolute Gasteiger partial charge is 0.362 e. The highest BCUT2D eigenvalue weighted by Crippen LogP contribution is 2.19. The average molecular weight is 317 g/mol. The number of ketones is 1. The maximum atomic E-state index is 12.8. The molecule has 0 saturated carbocycles. The first-order valence-electron chi connectivity index (χ1n) is 7.61. The topological polar surface area (TPSA) is 29.1 Å². The molecule has 0 spiro atoms. The van der Waals surface area contributed by atoms with Gasteiger partial charge in [-0.3, -0.25) is 4.79 Å². The lowest BCUT2D eigenvalue weighted by Crippen LogP contribution is -1.96. The number of halogens is 1. The summed E-state index contributed by atoms with van der Waals surface area (Å²) in [6.45, 7) is 0. The Hall–Kier alpha value is -3.20. The Morgan fingerprint density at radius 3 is 2.08 bits per heavy atom. The van der Waals surface area contributed by atoms with E-state index >= 15 is 0 Å². The second-order valence-electron chi connectivity index (χ2n) is 5.29. The summed E-state index contributed by atoms with van der Waals surface area (Å²) in [5, 5.41) is 2.94. The van der Waals surface area contributed by atoms with E-state index in [1.165, 1.54) is 18.2 Å². The van der Waals surface area contributed by atoms with Gasteiger partial charge in [0.1, 0.15) is 5.82 Å². The molecule has 3 aromatic rings. The van der Waals surface area contributed by atoms with Crippen LogP contribution >= 0.6 is 0 Å². The number of hydrogen-bond acceptors (Lipinski definition) is 2. The van der Waals surface area contributed by atoms with Crippen LogP contribution in [0.5, 0.6) is 0 Å². The SMILES string of the molecule is O=C(/C=C\Nc1ccc(F)cc1)c1ccc(-c2ccccc2)cc1. The van der Waals surface area contributed by atoms with Crippen LogP contribution in [-0.4, -0.2) is 5.78 Å². The second-order valence-corrected chi connectivity index (χ2v) is 5.29. The van der Waals surface area contributed by atoms with E-state index in [-0.39, 0.29) is 11.6 Å². The van der Waals surface area contributed by atoms with Crippen LogP contribution in [0, 0.1) is 5.82 Å². The Bertz CT molecular complexity index is 837. The minimum atomic E-state index is -0.292. The molecule has 0 bridgehead atoms. The average Bonchev–Trinajstić information content (AvgIpc) is 2.64. The van der Waals surface area contributed by atoms with Gasteiger partial charge in [0.15, 0.2) is 5.78 Å². The quantitative estimate of drug-likeness (QED) is 0.511. The fraction of sp³-hybridized carbons (Fsp3) is 0. The lowest BCUT2D eigenvalue weighted by Gasteiger charge is -2.03. The Labute approximate surface area is 140 Å². The van der Waals surface area contributed by atoms with Crippen LogP contribution in [0.1, 0.15) is 10.4 Å². The van der Waals surface area contributed by atoms with Crippen LogP contribution in [0.2, 0.25) is 0 Å². The number of benzene rings is 3. The van der Waals surface area contributed by atoms with Gasteiger partial charge in [-0.15, -0.1) is 0 Å². The third kappa shape index (κ3) is 3.96. The highest BCUT2D eigenvalue weighted by atomic mass is 19.1. The summed E-state index contributed by atoms with van der Waals surface area (Å²) in [5.41, 5.74) is 3.53. The summed E-state index contributed by atoms with van der Waals surface area (Å²) in [4.78, 5) is 12.2. The van der Waals surface area contributed by atoms with Gasteiger partial charge in [-0.1, -0.05) is 54.6 Å². The smallest absolute Gasteiger partial charge is 0.187 e. The maximum Gasteiger partial charge on any atom is 0.187 e. The first-order chi connectivity index (χ1) is 11.7. The zero-order chi connectivity index (χ0) is 16.8. The molecule has 0 aliphatic heterocycles. The van der Waals surface area contributed by atoms with Gasteiger partial charge < -0.3 is 5.32 Å². The van der Waals surface area contributed by atoms with E-state index in [1.54, 1.807) is 18.3 Å². The molecule has 2 nitrogen and oxygen atoms in total. The van der Waals surface area contributed by atoms with Crippen molar-refractivity contribution < 1.29 is 9.18 Å². The van der Waals surface area contributed by atoms with Gasteiger partial charge >= 0.3 is 0 Å². The van der Waals surface area contributed by atoms with E-state index in [0.29, 0.717) is 5.56 Å². The minimum Gasteiger partial charge on any atom is -0.362 e. The zero-order valence-electron chi connectivity index (χ0n) is 12.9. The Kier molecular flexibility index (Phi) is 4.82. The number of carbonyl (C=O) groups is 1. The molecule has 1 N–H and O–H groups in total. The van der Waals surface area contributed by atoms with Crippen molar-refractivity contribution in [3.05, 3.63) is 103 Å². The Morgan fingerprint density at radius 1 is 0.792 bits per heavy atom. The molecule has 0 amide bonds. The summed E-state index contributed by atoms with van der Waals surface area (Å²) in [6, 6.07) is 23.4. The number of allylic oxidation sites excluding steroid dienone is 1. The monoisotopic (exact) mass is 317 g/mol. The fourth-order valence-electron chi connectivity index (χ4n) is 2.31. The van der Waals surface area contributed by atoms with Gasteiger partial charge in [0.2, 0.25) is 0 Å². The van der Waals surface area contributed by atoms with E-state index in [9.17, 15) is 9.18 Å². The second kappa shape index (κ2) is 7.38. The molecule has 3 heteroatoms. The molecule has 0 aromatic heterocycles. The number of rotatable bonds is 5. The molecule has 3 aromatic carbocycles. The van der Waals surface area contributed by atoms with Crippen LogP contribution in [0.15, 0.2) is 91.1 Å². The lowest BCUT2D eigenvalue weighted by molar-refractivity contribution is 0.104.